The first-order chi connectivity index (χ1) is 14.3. The number of nitrogens with one attached hydrogen (secondary N) is 1. The highest BCUT2D eigenvalue weighted by Crippen LogP contribution is 2.34. The minimum atomic E-state index is -4.41. The number of aromatic nitrogens is 2. The monoisotopic (exact) mass is 436 g/mol. The van der Waals surface area contributed by atoms with Crippen molar-refractivity contribution in [3.63, 3.8) is 0 Å². The fraction of sp³-hybridized carbons (Fsp3) is 0.238. The molecular weight excluding hydrogens is 417 g/mol. The Labute approximate surface area is 175 Å². The summed E-state index contributed by atoms with van der Waals surface area (Å²) in [6.45, 7) is 2.56. The Morgan fingerprint density at radius 2 is 1.83 bits per heavy atom. The molecule has 3 rings (SSSR count). The number of aromatic amines is 1. The molecule has 0 saturated carbocycles. The lowest BCUT2D eigenvalue weighted by Crippen LogP contribution is -2.10. The summed E-state index contributed by atoms with van der Waals surface area (Å²) in [7, 11) is 1.53. The molecule has 0 spiro atoms. The second-order valence-corrected chi connectivity index (χ2v) is 7.32. The van der Waals surface area contributed by atoms with Gasteiger partial charge in [-0.2, -0.15) is 13.2 Å². The van der Waals surface area contributed by atoms with Crippen molar-refractivity contribution in [2.24, 2.45) is 0 Å². The van der Waals surface area contributed by atoms with Crippen LogP contribution < -0.4 is 15.0 Å². The molecule has 0 aliphatic rings. The minimum Gasteiger partial charge on any atom is -0.493 e. The molecule has 0 radical (unpaired) electrons. The third-order valence-electron chi connectivity index (χ3n) is 4.07. The molecule has 0 atom stereocenters. The zero-order valence-electron chi connectivity index (χ0n) is 16.2. The van der Waals surface area contributed by atoms with Crippen LogP contribution in [0.4, 0.5) is 13.2 Å². The van der Waals surface area contributed by atoms with Crippen LogP contribution in [0.1, 0.15) is 18.9 Å². The van der Waals surface area contributed by atoms with Gasteiger partial charge < -0.3 is 14.5 Å². The molecule has 1 aromatic heterocycles. The van der Waals surface area contributed by atoms with Crippen molar-refractivity contribution in [2.75, 3.05) is 13.7 Å². The smallest absolute Gasteiger partial charge is 0.416 e. The minimum absolute atomic E-state index is 0.123. The number of alkyl halides is 3. The Hall–Kier alpha value is -2.94. The van der Waals surface area contributed by atoms with E-state index in [-0.39, 0.29) is 5.03 Å². The van der Waals surface area contributed by atoms with Gasteiger partial charge in [-0.25, -0.2) is 4.98 Å². The van der Waals surface area contributed by atoms with Crippen LogP contribution in [0.3, 0.4) is 0 Å². The van der Waals surface area contributed by atoms with Gasteiger partial charge in [0.1, 0.15) is 0 Å². The van der Waals surface area contributed by atoms with Crippen molar-refractivity contribution >= 4 is 11.8 Å². The lowest BCUT2D eigenvalue weighted by atomic mass is 10.1. The predicted octanol–water partition coefficient (Wildman–Crippen LogP) is 5.40. The first-order valence-electron chi connectivity index (χ1n) is 9.08. The Kier molecular flexibility index (Phi) is 6.71. The predicted molar refractivity (Wildman–Crippen MR) is 108 cm³/mol. The number of benzene rings is 2. The highest BCUT2D eigenvalue weighted by molar-refractivity contribution is 7.99. The fourth-order valence-corrected chi connectivity index (χ4v) is 3.38. The third-order valence-corrected chi connectivity index (χ3v) is 5.05. The van der Waals surface area contributed by atoms with E-state index in [0.29, 0.717) is 34.3 Å². The van der Waals surface area contributed by atoms with E-state index in [0.717, 1.165) is 30.3 Å². The van der Waals surface area contributed by atoms with Crippen molar-refractivity contribution in [2.45, 2.75) is 29.4 Å². The number of H-pyrrole nitrogens is 1. The summed E-state index contributed by atoms with van der Waals surface area (Å²) in [5.41, 5.74) is 0.00373. The van der Waals surface area contributed by atoms with Crippen LogP contribution in [0.5, 0.6) is 11.5 Å². The molecule has 0 aliphatic carbocycles. The number of hydrogen-bond donors (Lipinski definition) is 1. The van der Waals surface area contributed by atoms with Gasteiger partial charge in [-0.05, 0) is 48.9 Å². The lowest BCUT2D eigenvalue weighted by molar-refractivity contribution is -0.137. The number of halogens is 3. The van der Waals surface area contributed by atoms with E-state index in [1.165, 1.54) is 25.4 Å². The van der Waals surface area contributed by atoms with E-state index in [1.54, 1.807) is 18.2 Å². The SMILES string of the molecule is CCCOc1ccc(-c2c[nH]c(=O)c(Sc3ccc(C(F)(F)F)cc3)n2)cc1OC. The highest BCUT2D eigenvalue weighted by Gasteiger charge is 2.30. The summed E-state index contributed by atoms with van der Waals surface area (Å²) < 4.78 is 49.2. The molecule has 30 heavy (non-hydrogen) atoms. The van der Waals surface area contributed by atoms with Crippen molar-refractivity contribution in [3.8, 4) is 22.8 Å². The molecule has 0 unspecified atom stereocenters. The van der Waals surface area contributed by atoms with Gasteiger partial charge in [-0.15, -0.1) is 0 Å². The number of nitrogens with zero attached hydrogens (tertiary/aromatic N) is 1. The zero-order valence-corrected chi connectivity index (χ0v) is 17.1. The Balaban J connectivity index is 1.87. The second kappa shape index (κ2) is 9.25. The summed E-state index contributed by atoms with van der Waals surface area (Å²) in [6.07, 6.45) is -2.08. The first-order valence-corrected chi connectivity index (χ1v) is 9.89. The van der Waals surface area contributed by atoms with Crippen LogP contribution in [-0.2, 0) is 6.18 Å². The maximum absolute atomic E-state index is 12.7. The average Bonchev–Trinajstić information content (AvgIpc) is 2.73. The fourth-order valence-electron chi connectivity index (χ4n) is 2.59. The van der Waals surface area contributed by atoms with Crippen molar-refractivity contribution in [1.29, 1.82) is 0 Å². The van der Waals surface area contributed by atoms with E-state index < -0.39 is 17.3 Å². The van der Waals surface area contributed by atoms with E-state index in [4.69, 9.17) is 9.47 Å². The highest BCUT2D eigenvalue weighted by atomic mass is 32.2. The van der Waals surface area contributed by atoms with Crippen LogP contribution in [0.2, 0.25) is 0 Å². The third kappa shape index (κ3) is 5.15. The zero-order chi connectivity index (χ0) is 21.7. The maximum atomic E-state index is 12.7. The van der Waals surface area contributed by atoms with Crippen LogP contribution in [0, 0.1) is 0 Å². The van der Waals surface area contributed by atoms with Crippen LogP contribution >= 0.6 is 11.8 Å². The van der Waals surface area contributed by atoms with Gasteiger partial charge in [0.15, 0.2) is 16.5 Å². The van der Waals surface area contributed by atoms with E-state index in [9.17, 15) is 18.0 Å². The van der Waals surface area contributed by atoms with E-state index in [1.807, 2.05) is 6.92 Å². The molecule has 0 bridgehead atoms. The van der Waals surface area contributed by atoms with Gasteiger partial charge in [0.25, 0.3) is 5.56 Å². The summed E-state index contributed by atoms with van der Waals surface area (Å²) >= 11 is 0.988. The molecule has 2 aromatic carbocycles. The Morgan fingerprint density at radius 1 is 1.10 bits per heavy atom. The van der Waals surface area contributed by atoms with Crippen LogP contribution in [0.15, 0.2) is 63.4 Å². The molecular formula is C21H19F3N2O3S. The molecule has 9 heteroatoms. The van der Waals surface area contributed by atoms with Gasteiger partial charge >= 0.3 is 6.18 Å². The summed E-state index contributed by atoms with van der Waals surface area (Å²) in [5.74, 6) is 1.14. The Morgan fingerprint density at radius 3 is 2.47 bits per heavy atom. The normalized spacial score (nSPS) is 11.4. The first kappa shape index (κ1) is 21.8. The molecule has 158 valence electrons. The van der Waals surface area contributed by atoms with Gasteiger partial charge in [-0.3, -0.25) is 4.79 Å². The number of ether oxygens (including phenoxy) is 2. The number of methoxy groups -OCH3 is 1. The van der Waals surface area contributed by atoms with Crippen molar-refractivity contribution in [3.05, 3.63) is 64.6 Å². The summed E-state index contributed by atoms with van der Waals surface area (Å²) in [6, 6.07) is 9.87. The van der Waals surface area contributed by atoms with Gasteiger partial charge in [0, 0.05) is 16.7 Å². The van der Waals surface area contributed by atoms with Gasteiger partial charge in [0.05, 0.1) is 25.0 Å². The molecule has 5 nitrogen and oxygen atoms in total. The maximum Gasteiger partial charge on any atom is 0.416 e. The van der Waals surface area contributed by atoms with Crippen LogP contribution in [-0.4, -0.2) is 23.7 Å². The Bertz CT molecular complexity index is 1070. The quantitative estimate of drug-likeness (QED) is 0.537. The molecule has 1 N–H and O–H groups in total. The topological polar surface area (TPSA) is 64.2 Å². The standard InChI is InChI=1S/C21H19F3N2O3S/c1-3-10-29-17-9-4-13(11-18(17)28-2)16-12-25-19(27)20(26-16)30-15-7-5-14(6-8-15)21(22,23)24/h4-9,11-12H,3,10H2,1-2H3,(H,25,27). The van der Waals surface area contributed by atoms with Gasteiger partial charge in [0.2, 0.25) is 0 Å². The molecule has 0 aliphatic heterocycles. The summed E-state index contributed by atoms with van der Waals surface area (Å²) in [4.78, 5) is 19.6. The molecule has 3 aromatic rings. The largest absolute Gasteiger partial charge is 0.493 e. The summed E-state index contributed by atoms with van der Waals surface area (Å²) in [5, 5.41) is 0.123. The molecule has 1 heterocycles. The van der Waals surface area contributed by atoms with Crippen molar-refractivity contribution in [1.82, 2.24) is 9.97 Å². The van der Waals surface area contributed by atoms with Crippen molar-refractivity contribution < 1.29 is 22.6 Å². The van der Waals surface area contributed by atoms with E-state index in [2.05, 4.69) is 9.97 Å². The van der Waals surface area contributed by atoms with Crippen LogP contribution in [0.25, 0.3) is 11.3 Å². The molecule has 0 fully saturated rings. The molecule has 0 saturated heterocycles. The second-order valence-electron chi connectivity index (χ2n) is 6.26. The average molecular weight is 436 g/mol. The lowest BCUT2D eigenvalue weighted by Gasteiger charge is -2.12. The van der Waals surface area contributed by atoms with E-state index >= 15 is 0 Å². The molecule has 0 amide bonds. The number of rotatable bonds is 7. The van der Waals surface area contributed by atoms with Gasteiger partial charge in [-0.1, -0.05) is 18.7 Å². The number of hydrogen-bond acceptors (Lipinski definition) is 5.